The second-order valence-corrected chi connectivity index (χ2v) is 5.53. The summed E-state index contributed by atoms with van der Waals surface area (Å²) in [6, 6.07) is 6.33. The van der Waals surface area contributed by atoms with Crippen LogP contribution in [0, 0.1) is 6.92 Å². The van der Waals surface area contributed by atoms with Crippen molar-refractivity contribution in [3.8, 4) is 5.75 Å². The maximum Gasteiger partial charge on any atom is 0.573 e. The van der Waals surface area contributed by atoms with Gasteiger partial charge in [-0.15, -0.1) is 13.2 Å². The number of rotatable bonds is 5. The van der Waals surface area contributed by atoms with Crippen LogP contribution in [-0.2, 0) is 6.54 Å². The van der Waals surface area contributed by atoms with Crippen LogP contribution < -0.4 is 20.3 Å². The van der Waals surface area contributed by atoms with Crippen molar-refractivity contribution >= 4 is 17.5 Å². The number of amides is 2. The largest absolute Gasteiger partial charge is 0.573 e. The summed E-state index contributed by atoms with van der Waals surface area (Å²) in [5.74, 6) is 0.555. The van der Waals surface area contributed by atoms with Crippen molar-refractivity contribution < 1.29 is 22.7 Å². The molecule has 2 N–H and O–H groups in total. The number of ether oxygens (including phenoxy) is 1. The van der Waals surface area contributed by atoms with Crippen molar-refractivity contribution in [1.29, 1.82) is 0 Å². The lowest BCUT2D eigenvalue weighted by Crippen LogP contribution is -2.30. The summed E-state index contributed by atoms with van der Waals surface area (Å²) >= 11 is 0. The van der Waals surface area contributed by atoms with Gasteiger partial charge in [-0.05, 0) is 19.1 Å². The van der Waals surface area contributed by atoms with Crippen LogP contribution in [0.1, 0.15) is 11.5 Å². The van der Waals surface area contributed by atoms with E-state index < -0.39 is 18.1 Å². The maximum absolute atomic E-state index is 12.4. The van der Waals surface area contributed by atoms with Crippen LogP contribution in [0.25, 0.3) is 0 Å². The molecule has 26 heavy (non-hydrogen) atoms. The number of aryl methyl sites for hydroxylation is 1. The SMILES string of the molecule is Cc1cc(N(C)C)nc(CNC(=O)Nc2ccccc2OC(F)(F)F)n1. The lowest BCUT2D eigenvalue weighted by molar-refractivity contribution is -0.274. The highest BCUT2D eigenvalue weighted by atomic mass is 19.4. The summed E-state index contributed by atoms with van der Waals surface area (Å²) in [4.78, 5) is 22.3. The third-order valence-electron chi connectivity index (χ3n) is 3.11. The number of benzene rings is 1. The fourth-order valence-corrected chi connectivity index (χ4v) is 2.03. The standard InChI is InChI=1S/C16H18F3N5O2/c1-10-8-14(24(2)3)23-13(21-10)9-20-15(25)22-11-6-4-5-7-12(11)26-16(17,18)19/h4-8H,9H2,1-3H3,(H2,20,22,25). The van der Waals surface area contributed by atoms with Crippen LogP contribution in [-0.4, -0.2) is 36.5 Å². The molecule has 0 unspecified atom stereocenters. The van der Waals surface area contributed by atoms with Crippen LogP contribution in [0.2, 0.25) is 0 Å². The average Bonchev–Trinajstić information content (AvgIpc) is 2.53. The Kier molecular flexibility index (Phi) is 5.86. The van der Waals surface area contributed by atoms with E-state index in [-0.39, 0.29) is 12.2 Å². The number of hydrogen-bond acceptors (Lipinski definition) is 5. The first-order valence-electron chi connectivity index (χ1n) is 7.55. The molecule has 0 aliphatic rings. The summed E-state index contributed by atoms with van der Waals surface area (Å²) < 4.78 is 41.1. The van der Waals surface area contributed by atoms with E-state index in [9.17, 15) is 18.0 Å². The molecule has 0 bridgehead atoms. The summed E-state index contributed by atoms with van der Waals surface area (Å²) in [5.41, 5.74) is 0.617. The third-order valence-corrected chi connectivity index (χ3v) is 3.11. The summed E-state index contributed by atoms with van der Waals surface area (Å²) in [6.45, 7) is 1.81. The van der Waals surface area contributed by atoms with Crippen molar-refractivity contribution in [2.24, 2.45) is 0 Å². The number of nitrogens with one attached hydrogen (secondary N) is 2. The minimum absolute atomic E-state index is 0.0106. The van der Waals surface area contributed by atoms with Gasteiger partial charge in [-0.1, -0.05) is 12.1 Å². The van der Waals surface area contributed by atoms with Gasteiger partial charge >= 0.3 is 12.4 Å². The topological polar surface area (TPSA) is 79.4 Å². The quantitative estimate of drug-likeness (QED) is 0.847. The molecular formula is C16H18F3N5O2. The molecule has 0 spiro atoms. The predicted octanol–water partition coefficient (Wildman–Crippen LogP) is 3.07. The number of nitrogens with zero attached hydrogens (tertiary/aromatic N) is 3. The number of alkyl halides is 3. The molecule has 2 amide bonds. The molecule has 140 valence electrons. The Balaban J connectivity index is 2.02. The highest BCUT2D eigenvalue weighted by molar-refractivity contribution is 5.90. The van der Waals surface area contributed by atoms with Crippen LogP contribution in [0.15, 0.2) is 30.3 Å². The third kappa shape index (κ3) is 5.80. The van der Waals surface area contributed by atoms with Gasteiger partial charge in [0, 0.05) is 25.9 Å². The van der Waals surface area contributed by atoms with Gasteiger partial charge in [0.2, 0.25) is 0 Å². The van der Waals surface area contributed by atoms with E-state index in [2.05, 4.69) is 25.3 Å². The molecule has 2 rings (SSSR count). The van der Waals surface area contributed by atoms with Gasteiger partial charge in [0.05, 0.1) is 12.2 Å². The molecule has 7 nitrogen and oxygen atoms in total. The van der Waals surface area contributed by atoms with Crippen molar-refractivity contribution in [3.05, 3.63) is 41.9 Å². The number of para-hydroxylation sites is 2. The fraction of sp³-hybridized carbons (Fsp3) is 0.312. The Morgan fingerprint density at radius 1 is 1.23 bits per heavy atom. The lowest BCUT2D eigenvalue weighted by atomic mass is 10.3. The molecule has 0 radical (unpaired) electrons. The molecule has 1 heterocycles. The van der Waals surface area contributed by atoms with Gasteiger partial charge in [-0.3, -0.25) is 0 Å². The van der Waals surface area contributed by atoms with Crippen molar-refractivity contribution in [2.75, 3.05) is 24.3 Å². The Morgan fingerprint density at radius 3 is 2.58 bits per heavy atom. The number of hydrogen-bond donors (Lipinski definition) is 2. The molecule has 0 saturated carbocycles. The van der Waals surface area contributed by atoms with E-state index >= 15 is 0 Å². The molecule has 1 aromatic heterocycles. The van der Waals surface area contributed by atoms with Gasteiger partial charge in [0.25, 0.3) is 0 Å². The van der Waals surface area contributed by atoms with E-state index in [0.717, 1.165) is 11.8 Å². The average molecular weight is 369 g/mol. The Labute approximate surface area is 148 Å². The van der Waals surface area contributed by atoms with E-state index in [4.69, 9.17) is 0 Å². The molecule has 1 aromatic carbocycles. The van der Waals surface area contributed by atoms with Gasteiger partial charge in [0.15, 0.2) is 5.75 Å². The van der Waals surface area contributed by atoms with E-state index in [1.54, 1.807) is 17.9 Å². The fourth-order valence-electron chi connectivity index (χ4n) is 2.03. The molecule has 10 heteroatoms. The molecule has 2 aromatic rings. The summed E-state index contributed by atoms with van der Waals surface area (Å²) in [6.07, 6.45) is -4.85. The van der Waals surface area contributed by atoms with Crippen LogP contribution in [0.5, 0.6) is 5.75 Å². The molecule has 0 fully saturated rings. The van der Waals surface area contributed by atoms with Crippen molar-refractivity contribution in [1.82, 2.24) is 15.3 Å². The first-order valence-corrected chi connectivity index (χ1v) is 7.55. The van der Waals surface area contributed by atoms with Crippen molar-refractivity contribution in [3.63, 3.8) is 0 Å². The van der Waals surface area contributed by atoms with Gasteiger partial charge in [-0.2, -0.15) is 0 Å². The van der Waals surface area contributed by atoms with Gasteiger partial charge < -0.3 is 20.3 Å². The predicted molar refractivity (Wildman–Crippen MR) is 90.1 cm³/mol. The normalized spacial score (nSPS) is 11.0. The minimum Gasteiger partial charge on any atom is -0.404 e. The number of halogens is 3. The Hall–Kier alpha value is -3.04. The second kappa shape index (κ2) is 7.89. The monoisotopic (exact) mass is 369 g/mol. The zero-order valence-corrected chi connectivity index (χ0v) is 14.4. The second-order valence-electron chi connectivity index (χ2n) is 5.53. The van der Waals surface area contributed by atoms with Gasteiger partial charge in [0.1, 0.15) is 11.6 Å². The smallest absolute Gasteiger partial charge is 0.404 e. The summed E-state index contributed by atoms with van der Waals surface area (Å²) in [5, 5.41) is 4.81. The first-order chi connectivity index (χ1) is 12.1. The molecule has 0 saturated heterocycles. The number of carbonyl (C=O) groups is 1. The van der Waals surface area contributed by atoms with Crippen LogP contribution in [0.3, 0.4) is 0 Å². The van der Waals surface area contributed by atoms with E-state index in [1.807, 2.05) is 14.1 Å². The number of aromatic nitrogens is 2. The molecule has 0 aliphatic carbocycles. The summed E-state index contributed by atoms with van der Waals surface area (Å²) in [7, 11) is 3.65. The van der Waals surface area contributed by atoms with Crippen molar-refractivity contribution in [2.45, 2.75) is 19.8 Å². The highest BCUT2D eigenvalue weighted by Gasteiger charge is 2.32. The van der Waals surface area contributed by atoms with E-state index in [0.29, 0.717) is 11.6 Å². The first kappa shape index (κ1) is 19.3. The molecular weight excluding hydrogens is 351 g/mol. The Morgan fingerprint density at radius 2 is 1.92 bits per heavy atom. The maximum atomic E-state index is 12.4. The van der Waals surface area contributed by atoms with Crippen LogP contribution in [0.4, 0.5) is 29.5 Å². The van der Waals surface area contributed by atoms with Crippen LogP contribution >= 0.6 is 0 Å². The zero-order chi connectivity index (χ0) is 19.3. The number of urea groups is 1. The van der Waals surface area contributed by atoms with E-state index in [1.165, 1.54) is 18.2 Å². The van der Waals surface area contributed by atoms with Gasteiger partial charge in [-0.25, -0.2) is 14.8 Å². The number of anilines is 2. The zero-order valence-electron chi connectivity index (χ0n) is 14.4. The highest BCUT2D eigenvalue weighted by Crippen LogP contribution is 2.29. The number of carbonyl (C=O) groups excluding carboxylic acids is 1. The molecule has 0 aliphatic heterocycles. The lowest BCUT2D eigenvalue weighted by Gasteiger charge is -2.15. The Bertz CT molecular complexity index is 781. The minimum atomic E-state index is -4.85. The molecule has 0 atom stereocenters.